The lowest BCUT2D eigenvalue weighted by molar-refractivity contribution is -0.126. The molecule has 34 heavy (non-hydrogen) atoms. The van der Waals surface area contributed by atoms with Crippen molar-refractivity contribution in [2.24, 2.45) is 5.92 Å². The van der Waals surface area contributed by atoms with E-state index in [4.69, 9.17) is 14.3 Å². The Kier molecular flexibility index (Phi) is 5.51. The summed E-state index contributed by atoms with van der Waals surface area (Å²) in [6.07, 6.45) is -0.972. The summed E-state index contributed by atoms with van der Waals surface area (Å²) >= 11 is 0. The molecule has 3 aromatic carbocycles. The van der Waals surface area contributed by atoms with Crippen LogP contribution in [-0.2, 0) is 19.2 Å². The van der Waals surface area contributed by atoms with Gasteiger partial charge in [0, 0.05) is 0 Å². The van der Waals surface area contributed by atoms with Crippen molar-refractivity contribution in [3.8, 4) is 5.75 Å². The lowest BCUT2D eigenvalue weighted by atomic mass is 9.90. The molecule has 0 aromatic heterocycles. The quantitative estimate of drug-likeness (QED) is 0.427. The second-order valence-electron chi connectivity index (χ2n) is 7.98. The summed E-state index contributed by atoms with van der Waals surface area (Å²) < 4.78 is 9.96. The van der Waals surface area contributed by atoms with E-state index >= 15 is 0 Å². The first-order valence-electron chi connectivity index (χ1n) is 10.7. The van der Waals surface area contributed by atoms with Gasteiger partial charge in [-0.05, 0) is 54.1 Å². The number of benzene rings is 3. The molecular weight excluding hydrogens is 436 g/mol. The summed E-state index contributed by atoms with van der Waals surface area (Å²) in [5.74, 6) is -1.36. The van der Waals surface area contributed by atoms with E-state index in [0.717, 1.165) is 11.3 Å². The Hall–Kier alpha value is -4.17. The molecule has 2 aliphatic heterocycles. The summed E-state index contributed by atoms with van der Waals surface area (Å²) in [5.41, 5.74) is 2.30. The van der Waals surface area contributed by atoms with Crippen molar-refractivity contribution in [1.82, 2.24) is 0 Å². The van der Waals surface area contributed by atoms with Gasteiger partial charge in [0.05, 0.1) is 37.2 Å². The molecule has 0 spiro atoms. The number of rotatable bonds is 5. The van der Waals surface area contributed by atoms with Crippen LogP contribution >= 0.6 is 0 Å². The predicted molar refractivity (Wildman–Crippen MR) is 123 cm³/mol. The van der Waals surface area contributed by atoms with Gasteiger partial charge in [-0.3, -0.25) is 14.4 Å². The smallest absolute Gasteiger partial charge is 0.337 e. The Labute approximate surface area is 196 Å². The number of imide groups is 1. The average molecular weight is 458 g/mol. The highest BCUT2D eigenvalue weighted by atomic mass is 16.7. The number of fused-ring (bicyclic) bond motifs is 1. The minimum Gasteiger partial charge on any atom is -0.497 e. The van der Waals surface area contributed by atoms with Gasteiger partial charge in [0.1, 0.15) is 11.7 Å². The van der Waals surface area contributed by atoms with Gasteiger partial charge in [0.15, 0.2) is 6.10 Å². The number of hydrogen-bond acceptors (Lipinski definition) is 7. The lowest BCUT2D eigenvalue weighted by Gasteiger charge is -2.28. The molecule has 2 amide bonds. The number of hydroxylamine groups is 1. The summed E-state index contributed by atoms with van der Waals surface area (Å²) in [5, 5.41) is 1.61. The van der Waals surface area contributed by atoms with E-state index < -0.39 is 29.9 Å². The molecule has 3 atom stereocenters. The van der Waals surface area contributed by atoms with Crippen molar-refractivity contribution in [1.29, 1.82) is 0 Å². The van der Waals surface area contributed by atoms with Crippen LogP contribution in [-0.4, -0.2) is 38.1 Å². The number of amides is 2. The number of methoxy groups -OCH3 is 2. The fourth-order valence-electron chi connectivity index (χ4n) is 4.47. The monoisotopic (exact) mass is 458 g/mol. The maximum absolute atomic E-state index is 13.6. The van der Waals surface area contributed by atoms with Gasteiger partial charge in [-0.1, -0.05) is 30.3 Å². The van der Waals surface area contributed by atoms with Gasteiger partial charge < -0.3 is 9.47 Å². The van der Waals surface area contributed by atoms with E-state index in [9.17, 15) is 14.4 Å². The molecule has 0 N–H and O–H groups in total. The zero-order chi connectivity index (χ0) is 23.8. The van der Waals surface area contributed by atoms with Crippen LogP contribution in [0.3, 0.4) is 0 Å². The van der Waals surface area contributed by atoms with Crippen molar-refractivity contribution >= 4 is 29.2 Å². The number of carbonyl (C=O) groups is 3. The molecule has 3 aromatic rings. The first-order valence-corrected chi connectivity index (χ1v) is 10.7. The van der Waals surface area contributed by atoms with E-state index in [1.165, 1.54) is 12.0 Å². The van der Waals surface area contributed by atoms with Gasteiger partial charge in [-0.2, -0.15) is 0 Å². The highest BCUT2D eigenvalue weighted by molar-refractivity contribution is 6.23. The Bertz CT molecular complexity index is 1230. The Balaban J connectivity index is 1.54. The van der Waals surface area contributed by atoms with Gasteiger partial charge in [-0.25, -0.2) is 14.8 Å². The second kappa shape index (κ2) is 8.64. The molecule has 0 radical (unpaired) electrons. The standard InChI is InChI=1S/C26H22N2O6/c1-32-20-14-12-18(13-15-20)27-24(29)21-22(16-8-10-17(11-9-16)26(31)33-2)28(34-23(21)25(27)30)19-6-4-3-5-7-19/h3-15,21-23H,1-2H3/t21-,22-,23-/m0/s1. The van der Waals surface area contributed by atoms with Crippen molar-refractivity contribution in [2.75, 3.05) is 24.2 Å². The molecule has 2 heterocycles. The molecular formula is C26H22N2O6. The van der Waals surface area contributed by atoms with E-state index in [0.29, 0.717) is 17.0 Å². The van der Waals surface area contributed by atoms with Crippen LogP contribution in [0.5, 0.6) is 5.75 Å². The molecule has 2 fully saturated rings. The number of ether oxygens (including phenoxy) is 2. The van der Waals surface area contributed by atoms with Gasteiger partial charge >= 0.3 is 5.97 Å². The maximum atomic E-state index is 13.6. The second-order valence-corrected chi connectivity index (χ2v) is 7.98. The van der Waals surface area contributed by atoms with Gasteiger partial charge in [0.2, 0.25) is 5.91 Å². The highest BCUT2D eigenvalue weighted by Crippen LogP contribution is 2.47. The highest BCUT2D eigenvalue weighted by Gasteiger charge is 2.60. The zero-order valence-electron chi connectivity index (χ0n) is 18.6. The molecule has 0 aliphatic carbocycles. The van der Waals surface area contributed by atoms with Gasteiger partial charge in [-0.15, -0.1) is 0 Å². The first kappa shape index (κ1) is 21.7. The Morgan fingerprint density at radius 3 is 2.12 bits per heavy atom. The largest absolute Gasteiger partial charge is 0.497 e. The molecule has 0 unspecified atom stereocenters. The molecule has 8 heteroatoms. The SMILES string of the molecule is COC(=O)c1ccc([C@H]2[C@@H]3C(=O)N(c4ccc(OC)cc4)C(=O)[C@H]3ON2c2ccccc2)cc1. The van der Waals surface area contributed by atoms with Gasteiger partial charge in [0.25, 0.3) is 5.91 Å². The van der Waals surface area contributed by atoms with Crippen molar-refractivity contribution in [3.05, 3.63) is 90.0 Å². The third-order valence-corrected chi connectivity index (χ3v) is 6.13. The van der Waals surface area contributed by atoms with Crippen LogP contribution < -0.4 is 14.7 Å². The molecule has 0 bridgehead atoms. The van der Waals surface area contributed by atoms with Crippen LogP contribution in [0.2, 0.25) is 0 Å². The fraction of sp³-hybridized carbons (Fsp3) is 0.192. The number of nitrogens with zero attached hydrogens (tertiary/aromatic N) is 2. The zero-order valence-corrected chi connectivity index (χ0v) is 18.6. The number of para-hydroxylation sites is 1. The first-order chi connectivity index (χ1) is 16.5. The molecule has 0 saturated carbocycles. The minimum atomic E-state index is -0.972. The minimum absolute atomic E-state index is 0.347. The van der Waals surface area contributed by atoms with Crippen LogP contribution in [0.25, 0.3) is 0 Å². The topological polar surface area (TPSA) is 85.4 Å². The molecule has 172 valence electrons. The van der Waals surface area contributed by atoms with Crippen LogP contribution in [0, 0.1) is 5.92 Å². The lowest BCUT2D eigenvalue weighted by Crippen LogP contribution is -2.37. The molecule has 5 rings (SSSR count). The molecule has 2 saturated heterocycles. The maximum Gasteiger partial charge on any atom is 0.337 e. The normalized spacial score (nSPS) is 21.5. The number of esters is 1. The fourth-order valence-corrected chi connectivity index (χ4v) is 4.47. The van der Waals surface area contributed by atoms with Crippen molar-refractivity contribution in [3.63, 3.8) is 0 Å². The summed E-state index contributed by atoms with van der Waals surface area (Å²) in [7, 11) is 2.87. The third kappa shape index (κ3) is 3.48. The Morgan fingerprint density at radius 1 is 0.824 bits per heavy atom. The van der Waals surface area contributed by atoms with Crippen LogP contribution in [0.1, 0.15) is 22.0 Å². The summed E-state index contributed by atoms with van der Waals surface area (Å²) in [6, 6.07) is 22.3. The number of carbonyl (C=O) groups excluding carboxylic acids is 3. The van der Waals surface area contributed by atoms with E-state index in [2.05, 4.69) is 0 Å². The summed E-state index contributed by atoms with van der Waals surface area (Å²) in [4.78, 5) is 46.2. The third-order valence-electron chi connectivity index (χ3n) is 6.13. The number of hydrogen-bond donors (Lipinski definition) is 0. The average Bonchev–Trinajstić information content (AvgIpc) is 3.40. The Morgan fingerprint density at radius 2 is 1.50 bits per heavy atom. The number of anilines is 2. The van der Waals surface area contributed by atoms with E-state index in [1.54, 1.807) is 60.7 Å². The van der Waals surface area contributed by atoms with E-state index in [-0.39, 0.29) is 5.91 Å². The summed E-state index contributed by atoms with van der Waals surface area (Å²) in [6.45, 7) is 0. The van der Waals surface area contributed by atoms with Crippen molar-refractivity contribution in [2.45, 2.75) is 12.1 Å². The molecule has 2 aliphatic rings. The van der Waals surface area contributed by atoms with Crippen molar-refractivity contribution < 1.29 is 28.7 Å². The predicted octanol–water partition coefficient (Wildman–Crippen LogP) is 3.53. The molecule has 8 nitrogen and oxygen atoms in total. The van der Waals surface area contributed by atoms with Crippen LogP contribution in [0.4, 0.5) is 11.4 Å². The van der Waals surface area contributed by atoms with Crippen LogP contribution in [0.15, 0.2) is 78.9 Å². The van der Waals surface area contributed by atoms with E-state index in [1.807, 2.05) is 30.3 Å².